The van der Waals surface area contributed by atoms with Gasteiger partial charge in [0.1, 0.15) is 11.4 Å². The Morgan fingerprint density at radius 2 is 1.72 bits per heavy atom. The molecule has 0 atom stereocenters. The van der Waals surface area contributed by atoms with Crippen LogP contribution in [0.15, 0.2) is 42.5 Å². The molecule has 0 N–H and O–H groups in total. The number of hydrogen-bond acceptors (Lipinski definition) is 2. The Kier molecular flexibility index (Phi) is 5.19. The maximum atomic E-state index is 6.03. The number of piperidine rings is 1. The van der Waals surface area contributed by atoms with E-state index in [-0.39, 0.29) is 5.60 Å². The third kappa shape index (κ3) is 4.64. The highest BCUT2D eigenvalue weighted by Gasteiger charge is 2.19. The van der Waals surface area contributed by atoms with E-state index in [4.69, 9.17) is 4.74 Å². The first kappa shape index (κ1) is 18.0. The van der Waals surface area contributed by atoms with Crippen LogP contribution in [0.1, 0.15) is 50.7 Å². The summed E-state index contributed by atoms with van der Waals surface area (Å²) in [4.78, 5) is 2.43. The maximum absolute atomic E-state index is 6.03. The predicted molar refractivity (Wildman–Crippen MR) is 106 cm³/mol. The van der Waals surface area contributed by atoms with Crippen molar-refractivity contribution in [1.29, 1.82) is 0 Å². The number of ether oxygens (including phenoxy) is 1. The number of nitrogens with zero attached hydrogens (tertiary/aromatic N) is 1. The fourth-order valence-electron chi connectivity index (χ4n) is 3.69. The number of aryl methyl sites for hydroxylation is 1. The molecule has 3 rings (SSSR count). The lowest BCUT2D eigenvalue weighted by Crippen LogP contribution is -2.29. The zero-order valence-electron chi connectivity index (χ0n) is 16.3. The summed E-state index contributed by atoms with van der Waals surface area (Å²) in [6, 6.07) is 15.5. The lowest BCUT2D eigenvalue weighted by molar-refractivity contribution is 0.131. The van der Waals surface area contributed by atoms with Gasteiger partial charge in [0.05, 0.1) is 0 Å². The second-order valence-corrected chi connectivity index (χ2v) is 8.39. The first-order valence-corrected chi connectivity index (χ1v) is 9.40. The summed E-state index contributed by atoms with van der Waals surface area (Å²) in [5, 5.41) is 0. The number of benzene rings is 2. The Morgan fingerprint density at radius 1 is 1.00 bits per heavy atom. The van der Waals surface area contributed by atoms with Gasteiger partial charge in [0, 0.05) is 0 Å². The van der Waals surface area contributed by atoms with Gasteiger partial charge in [-0.15, -0.1) is 0 Å². The Bertz CT molecular complexity index is 721. The number of rotatable bonds is 3. The average Bonchev–Trinajstić information content (AvgIpc) is 2.54. The van der Waals surface area contributed by atoms with Gasteiger partial charge in [-0.1, -0.05) is 30.3 Å². The van der Waals surface area contributed by atoms with E-state index in [9.17, 15) is 0 Å². The van der Waals surface area contributed by atoms with Crippen molar-refractivity contribution in [3.8, 4) is 16.9 Å². The van der Waals surface area contributed by atoms with Crippen molar-refractivity contribution in [3.05, 3.63) is 53.6 Å². The first-order valence-electron chi connectivity index (χ1n) is 9.40. The molecule has 1 aliphatic rings. The quantitative estimate of drug-likeness (QED) is 0.718. The Morgan fingerprint density at radius 3 is 2.36 bits per heavy atom. The van der Waals surface area contributed by atoms with Gasteiger partial charge >= 0.3 is 0 Å². The number of hydrogen-bond donors (Lipinski definition) is 0. The zero-order valence-corrected chi connectivity index (χ0v) is 16.3. The van der Waals surface area contributed by atoms with Crippen LogP contribution in [0.4, 0.5) is 0 Å². The van der Waals surface area contributed by atoms with Gasteiger partial charge in [0.25, 0.3) is 0 Å². The molecule has 25 heavy (non-hydrogen) atoms. The molecular weight excluding hydrogens is 306 g/mol. The van der Waals surface area contributed by atoms with Crippen molar-refractivity contribution in [1.82, 2.24) is 4.90 Å². The van der Waals surface area contributed by atoms with Crippen molar-refractivity contribution in [3.63, 3.8) is 0 Å². The Labute approximate surface area is 152 Å². The lowest BCUT2D eigenvalue weighted by Gasteiger charge is -2.29. The zero-order chi connectivity index (χ0) is 18.0. The van der Waals surface area contributed by atoms with Gasteiger partial charge in [-0.05, 0) is 101 Å². The van der Waals surface area contributed by atoms with Crippen molar-refractivity contribution >= 4 is 0 Å². The molecule has 1 fully saturated rings. The first-order chi connectivity index (χ1) is 11.8. The van der Waals surface area contributed by atoms with Crippen molar-refractivity contribution in [2.75, 3.05) is 20.1 Å². The standard InChI is InChI=1S/C23H31NO/c1-17-15-19(18-11-13-24(5)14-12-18)9-10-22(17)20-7-6-8-21(16-20)25-23(2,3)4/h6-10,15-16,18H,11-14H2,1-5H3. The number of likely N-dealkylation sites (tertiary alicyclic amines) is 1. The van der Waals surface area contributed by atoms with E-state index in [0.29, 0.717) is 5.92 Å². The Balaban J connectivity index is 1.82. The third-order valence-corrected chi connectivity index (χ3v) is 5.01. The van der Waals surface area contributed by atoms with Crippen LogP contribution in [0.3, 0.4) is 0 Å². The van der Waals surface area contributed by atoms with E-state index >= 15 is 0 Å². The highest BCUT2D eigenvalue weighted by Crippen LogP contribution is 2.33. The summed E-state index contributed by atoms with van der Waals surface area (Å²) in [6.45, 7) is 10.9. The summed E-state index contributed by atoms with van der Waals surface area (Å²) in [7, 11) is 2.22. The smallest absolute Gasteiger partial charge is 0.120 e. The molecule has 0 radical (unpaired) electrons. The molecule has 134 valence electrons. The summed E-state index contributed by atoms with van der Waals surface area (Å²) >= 11 is 0. The van der Waals surface area contributed by atoms with E-state index in [1.807, 2.05) is 6.07 Å². The molecule has 0 unspecified atom stereocenters. The summed E-state index contributed by atoms with van der Waals surface area (Å²) in [6.07, 6.45) is 2.54. The second kappa shape index (κ2) is 7.21. The molecule has 2 nitrogen and oxygen atoms in total. The minimum atomic E-state index is -0.175. The van der Waals surface area contributed by atoms with Crippen LogP contribution in [0.5, 0.6) is 5.75 Å². The SMILES string of the molecule is Cc1cc(C2CCN(C)CC2)ccc1-c1cccc(OC(C)(C)C)c1. The molecule has 1 saturated heterocycles. The van der Waals surface area contributed by atoms with Gasteiger partial charge < -0.3 is 9.64 Å². The topological polar surface area (TPSA) is 12.5 Å². The van der Waals surface area contributed by atoms with Crippen molar-refractivity contribution in [2.45, 2.75) is 52.1 Å². The molecule has 0 bridgehead atoms. The van der Waals surface area contributed by atoms with Crippen LogP contribution in [0, 0.1) is 6.92 Å². The minimum absolute atomic E-state index is 0.175. The Hall–Kier alpha value is -1.80. The van der Waals surface area contributed by atoms with Gasteiger partial charge in [-0.2, -0.15) is 0 Å². The van der Waals surface area contributed by atoms with E-state index in [1.165, 1.54) is 48.2 Å². The van der Waals surface area contributed by atoms with E-state index in [2.05, 4.69) is 76.0 Å². The molecule has 2 heteroatoms. The molecule has 0 aromatic heterocycles. The maximum Gasteiger partial charge on any atom is 0.120 e. The fraction of sp³-hybridized carbons (Fsp3) is 0.478. The monoisotopic (exact) mass is 337 g/mol. The fourth-order valence-corrected chi connectivity index (χ4v) is 3.69. The van der Waals surface area contributed by atoms with E-state index in [0.717, 1.165) is 5.75 Å². The lowest BCUT2D eigenvalue weighted by atomic mass is 9.87. The molecule has 1 heterocycles. The summed E-state index contributed by atoms with van der Waals surface area (Å²) < 4.78 is 6.03. The van der Waals surface area contributed by atoms with Crippen molar-refractivity contribution in [2.24, 2.45) is 0 Å². The second-order valence-electron chi connectivity index (χ2n) is 8.39. The highest BCUT2D eigenvalue weighted by atomic mass is 16.5. The van der Waals surface area contributed by atoms with Crippen LogP contribution in [-0.4, -0.2) is 30.6 Å². The molecule has 0 amide bonds. The summed E-state index contributed by atoms with van der Waals surface area (Å²) in [5.41, 5.74) is 5.21. The molecule has 2 aromatic carbocycles. The van der Waals surface area contributed by atoms with Crippen LogP contribution in [-0.2, 0) is 0 Å². The van der Waals surface area contributed by atoms with Gasteiger partial charge in [0.2, 0.25) is 0 Å². The molecular formula is C23H31NO. The van der Waals surface area contributed by atoms with Gasteiger partial charge in [-0.25, -0.2) is 0 Å². The van der Waals surface area contributed by atoms with E-state index in [1.54, 1.807) is 0 Å². The van der Waals surface area contributed by atoms with Crippen LogP contribution >= 0.6 is 0 Å². The van der Waals surface area contributed by atoms with Crippen LogP contribution in [0.25, 0.3) is 11.1 Å². The van der Waals surface area contributed by atoms with Crippen LogP contribution in [0.2, 0.25) is 0 Å². The molecule has 2 aromatic rings. The molecule has 1 aliphatic heterocycles. The average molecular weight is 338 g/mol. The molecule has 0 spiro atoms. The minimum Gasteiger partial charge on any atom is -0.488 e. The van der Waals surface area contributed by atoms with Gasteiger partial charge in [0.15, 0.2) is 0 Å². The van der Waals surface area contributed by atoms with Crippen LogP contribution < -0.4 is 4.74 Å². The van der Waals surface area contributed by atoms with E-state index < -0.39 is 0 Å². The van der Waals surface area contributed by atoms with Crippen molar-refractivity contribution < 1.29 is 4.74 Å². The summed E-state index contributed by atoms with van der Waals surface area (Å²) in [5.74, 6) is 1.64. The normalized spacial score (nSPS) is 16.8. The third-order valence-electron chi connectivity index (χ3n) is 5.01. The van der Waals surface area contributed by atoms with Gasteiger partial charge in [-0.3, -0.25) is 0 Å². The predicted octanol–water partition coefficient (Wildman–Crippen LogP) is 5.65. The molecule has 0 saturated carbocycles. The molecule has 0 aliphatic carbocycles. The largest absolute Gasteiger partial charge is 0.488 e. The highest BCUT2D eigenvalue weighted by molar-refractivity contribution is 5.69.